The van der Waals surface area contributed by atoms with Crippen molar-refractivity contribution in [3.05, 3.63) is 76.8 Å². The standard InChI is InChI=1S/C16H12ClFO2/c1-11-10-14(6-7-15(11)17)20-9-8-16(19)12-2-4-13(18)5-3-12/h2-10H,1H3/b9-8+. The van der Waals surface area contributed by atoms with E-state index >= 15 is 0 Å². The Kier molecular flexibility index (Phi) is 4.53. The number of rotatable bonds is 4. The third-order valence-electron chi connectivity index (χ3n) is 2.68. The van der Waals surface area contributed by atoms with E-state index in [0.29, 0.717) is 16.3 Å². The molecule has 0 radical (unpaired) electrons. The second kappa shape index (κ2) is 6.35. The van der Waals surface area contributed by atoms with E-state index in [1.807, 2.05) is 6.92 Å². The molecule has 0 aliphatic rings. The molecule has 0 aliphatic carbocycles. The number of halogens is 2. The summed E-state index contributed by atoms with van der Waals surface area (Å²) in [6.45, 7) is 1.86. The van der Waals surface area contributed by atoms with E-state index in [-0.39, 0.29) is 11.6 Å². The van der Waals surface area contributed by atoms with Gasteiger partial charge >= 0.3 is 0 Å². The summed E-state index contributed by atoms with van der Waals surface area (Å²) in [7, 11) is 0. The molecule has 0 bridgehead atoms. The van der Waals surface area contributed by atoms with E-state index in [1.54, 1.807) is 18.2 Å². The van der Waals surface area contributed by atoms with Crippen molar-refractivity contribution in [3.63, 3.8) is 0 Å². The molecule has 0 saturated carbocycles. The molecular formula is C16H12ClFO2. The van der Waals surface area contributed by atoms with Gasteiger partial charge in [-0.25, -0.2) is 4.39 Å². The number of allylic oxidation sites excluding steroid dienone is 1. The van der Waals surface area contributed by atoms with Crippen LogP contribution in [0.5, 0.6) is 5.75 Å². The zero-order valence-corrected chi connectivity index (χ0v) is 11.5. The number of ketones is 1. The number of ether oxygens (including phenoxy) is 1. The molecule has 102 valence electrons. The lowest BCUT2D eigenvalue weighted by atomic mass is 10.1. The number of carbonyl (C=O) groups is 1. The molecule has 0 aromatic heterocycles. The second-order valence-electron chi connectivity index (χ2n) is 4.20. The minimum Gasteiger partial charge on any atom is -0.465 e. The highest BCUT2D eigenvalue weighted by Crippen LogP contribution is 2.21. The molecule has 0 N–H and O–H groups in total. The summed E-state index contributed by atoms with van der Waals surface area (Å²) >= 11 is 5.90. The van der Waals surface area contributed by atoms with Gasteiger partial charge in [0.15, 0.2) is 5.78 Å². The number of carbonyl (C=O) groups excluding carboxylic acids is 1. The number of hydrogen-bond donors (Lipinski definition) is 0. The van der Waals surface area contributed by atoms with Gasteiger partial charge in [0.25, 0.3) is 0 Å². The fraction of sp³-hybridized carbons (Fsp3) is 0.0625. The topological polar surface area (TPSA) is 26.3 Å². The maximum absolute atomic E-state index is 12.7. The first-order valence-corrected chi connectivity index (χ1v) is 6.33. The van der Waals surface area contributed by atoms with Gasteiger partial charge < -0.3 is 4.74 Å². The van der Waals surface area contributed by atoms with Gasteiger partial charge in [-0.1, -0.05) is 11.6 Å². The lowest BCUT2D eigenvalue weighted by molar-refractivity contribution is 0.104. The van der Waals surface area contributed by atoms with Gasteiger partial charge in [-0.2, -0.15) is 0 Å². The normalized spacial score (nSPS) is 10.8. The zero-order valence-electron chi connectivity index (χ0n) is 10.8. The fourth-order valence-corrected chi connectivity index (χ4v) is 1.69. The van der Waals surface area contributed by atoms with Gasteiger partial charge in [-0.3, -0.25) is 4.79 Å². The first kappa shape index (κ1) is 14.3. The monoisotopic (exact) mass is 290 g/mol. The Morgan fingerprint density at radius 3 is 2.55 bits per heavy atom. The first-order chi connectivity index (χ1) is 9.56. The van der Waals surface area contributed by atoms with E-state index in [4.69, 9.17) is 16.3 Å². The Morgan fingerprint density at radius 2 is 1.90 bits per heavy atom. The average molecular weight is 291 g/mol. The first-order valence-electron chi connectivity index (χ1n) is 5.95. The molecule has 4 heteroatoms. The van der Waals surface area contributed by atoms with Crippen LogP contribution in [0.25, 0.3) is 0 Å². The van der Waals surface area contributed by atoms with E-state index in [9.17, 15) is 9.18 Å². The Labute approximate surface area is 121 Å². The van der Waals surface area contributed by atoms with Gasteiger partial charge in [-0.15, -0.1) is 0 Å². The van der Waals surface area contributed by atoms with Gasteiger partial charge in [0, 0.05) is 16.7 Å². The van der Waals surface area contributed by atoms with Crippen LogP contribution in [0, 0.1) is 12.7 Å². The Morgan fingerprint density at radius 1 is 1.20 bits per heavy atom. The van der Waals surface area contributed by atoms with Crippen LogP contribution in [0.1, 0.15) is 15.9 Å². The van der Waals surface area contributed by atoms with Crippen LogP contribution in [0.4, 0.5) is 4.39 Å². The Bertz CT molecular complexity index is 648. The molecule has 0 unspecified atom stereocenters. The number of benzene rings is 2. The molecule has 2 nitrogen and oxygen atoms in total. The molecule has 20 heavy (non-hydrogen) atoms. The highest BCUT2D eigenvalue weighted by Gasteiger charge is 2.02. The smallest absolute Gasteiger partial charge is 0.188 e. The molecule has 2 aromatic carbocycles. The predicted molar refractivity (Wildman–Crippen MR) is 76.7 cm³/mol. The quantitative estimate of drug-likeness (QED) is 0.469. The Hall–Kier alpha value is -2.13. The lowest BCUT2D eigenvalue weighted by Gasteiger charge is -2.02. The second-order valence-corrected chi connectivity index (χ2v) is 4.61. The minimum atomic E-state index is -0.376. The number of aryl methyl sites for hydroxylation is 1. The van der Waals surface area contributed by atoms with Gasteiger partial charge in [0.2, 0.25) is 0 Å². The summed E-state index contributed by atoms with van der Waals surface area (Å²) in [5.74, 6) is -0.0378. The zero-order chi connectivity index (χ0) is 14.5. The maximum atomic E-state index is 12.7. The van der Waals surface area contributed by atoms with Crippen LogP contribution in [0.15, 0.2) is 54.8 Å². The molecule has 0 heterocycles. The third kappa shape index (κ3) is 3.68. The van der Waals surface area contributed by atoms with Gasteiger partial charge in [0.1, 0.15) is 11.6 Å². The van der Waals surface area contributed by atoms with Crippen molar-refractivity contribution in [2.24, 2.45) is 0 Å². The molecule has 2 rings (SSSR count). The highest BCUT2D eigenvalue weighted by atomic mass is 35.5. The molecule has 0 amide bonds. The SMILES string of the molecule is Cc1cc(O/C=C/C(=O)c2ccc(F)cc2)ccc1Cl. The molecule has 0 fully saturated rings. The van der Waals surface area contributed by atoms with Crippen molar-refractivity contribution in [2.45, 2.75) is 6.92 Å². The fourth-order valence-electron chi connectivity index (χ4n) is 1.58. The van der Waals surface area contributed by atoms with Crippen molar-refractivity contribution in [1.82, 2.24) is 0 Å². The van der Waals surface area contributed by atoms with Crippen LogP contribution < -0.4 is 4.74 Å². The summed E-state index contributed by atoms with van der Waals surface area (Å²) in [6, 6.07) is 10.5. The maximum Gasteiger partial charge on any atom is 0.188 e. The van der Waals surface area contributed by atoms with E-state index in [0.717, 1.165) is 5.56 Å². The van der Waals surface area contributed by atoms with Crippen LogP contribution in [0.3, 0.4) is 0 Å². The van der Waals surface area contributed by atoms with Gasteiger partial charge in [0.05, 0.1) is 6.26 Å². The van der Waals surface area contributed by atoms with Crippen LogP contribution in [-0.2, 0) is 0 Å². The van der Waals surface area contributed by atoms with Crippen molar-refractivity contribution in [3.8, 4) is 5.75 Å². The molecule has 0 atom stereocenters. The van der Waals surface area contributed by atoms with Crippen molar-refractivity contribution < 1.29 is 13.9 Å². The molecule has 0 saturated heterocycles. The van der Waals surface area contributed by atoms with Crippen LogP contribution in [0.2, 0.25) is 5.02 Å². The molecule has 0 aliphatic heterocycles. The van der Waals surface area contributed by atoms with E-state index in [1.165, 1.54) is 36.6 Å². The molecule has 2 aromatic rings. The molecular weight excluding hydrogens is 279 g/mol. The summed E-state index contributed by atoms with van der Waals surface area (Å²) in [5, 5.41) is 0.656. The Balaban J connectivity index is 2.00. The summed E-state index contributed by atoms with van der Waals surface area (Å²) in [6.07, 6.45) is 2.59. The van der Waals surface area contributed by atoms with Crippen molar-refractivity contribution >= 4 is 17.4 Å². The molecule has 0 spiro atoms. The summed E-state index contributed by atoms with van der Waals surface area (Å²) in [5.41, 5.74) is 1.29. The average Bonchev–Trinajstić information content (AvgIpc) is 2.43. The highest BCUT2D eigenvalue weighted by molar-refractivity contribution is 6.31. The summed E-state index contributed by atoms with van der Waals surface area (Å²) < 4.78 is 18.1. The van der Waals surface area contributed by atoms with Crippen molar-refractivity contribution in [1.29, 1.82) is 0 Å². The van der Waals surface area contributed by atoms with E-state index in [2.05, 4.69) is 0 Å². The summed E-state index contributed by atoms with van der Waals surface area (Å²) in [4.78, 5) is 11.8. The predicted octanol–water partition coefficient (Wildman–Crippen LogP) is 4.56. The number of hydrogen-bond acceptors (Lipinski definition) is 2. The van der Waals surface area contributed by atoms with Gasteiger partial charge in [-0.05, 0) is 55.0 Å². The van der Waals surface area contributed by atoms with E-state index < -0.39 is 0 Å². The lowest BCUT2D eigenvalue weighted by Crippen LogP contribution is -1.95. The van der Waals surface area contributed by atoms with Crippen molar-refractivity contribution in [2.75, 3.05) is 0 Å². The van der Waals surface area contributed by atoms with Crippen LogP contribution in [-0.4, -0.2) is 5.78 Å². The largest absolute Gasteiger partial charge is 0.465 e. The van der Waals surface area contributed by atoms with Crippen LogP contribution >= 0.6 is 11.6 Å². The minimum absolute atomic E-state index is 0.254. The third-order valence-corrected chi connectivity index (χ3v) is 3.11.